The molecule has 0 fully saturated rings. The molecule has 1 atom stereocenters. The molecule has 19 heavy (non-hydrogen) atoms. The molecule has 0 saturated carbocycles. The van der Waals surface area contributed by atoms with E-state index in [9.17, 15) is 0 Å². The van der Waals surface area contributed by atoms with Gasteiger partial charge in [-0.25, -0.2) is 0 Å². The highest BCUT2D eigenvalue weighted by Crippen LogP contribution is 2.26. The lowest BCUT2D eigenvalue weighted by molar-refractivity contribution is 0.151. The van der Waals surface area contributed by atoms with Gasteiger partial charge in [-0.05, 0) is 32.4 Å². The molecule has 0 saturated heterocycles. The number of nitrogens with zero attached hydrogens (tertiary/aromatic N) is 2. The van der Waals surface area contributed by atoms with Gasteiger partial charge in [-0.3, -0.25) is 4.90 Å². The van der Waals surface area contributed by atoms with Crippen LogP contribution in [0.15, 0.2) is 30.3 Å². The molecule has 104 valence electrons. The van der Waals surface area contributed by atoms with Crippen molar-refractivity contribution in [3.05, 3.63) is 35.9 Å². The van der Waals surface area contributed by atoms with Gasteiger partial charge in [-0.2, -0.15) is 5.26 Å². The summed E-state index contributed by atoms with van der Waals surface area (Å²) in [5, 5.41) is 9.12. The van der Waals surface area contributed by atoms with E-state index in [1.807, 2.05) is 6.07 Å². The van der Waals surface area contributed by atoms with Crippen molar-refractivity contribution in [2.24, 2.45) is 0 Å². The van der Waals surface area contributed by atoms with Crippen molar-refractivity contribution in [2.75, 3.05) is 6.54 Å². The standard InChI is InChI=1S/C17H26N2/c1-4-5-9-14-19(15(2)3)17(12-13-18)16-10-7-6-8-11-16/h6-8,10-11,15,17H,4-5,9,12,14H2,1-3H3. The molecule has 0 aromatic heterocycles. The maximum absolute atomic E-state index is 9.12. The highest BCUT2D eigenvalue weighted by molar-refractivity contribution is 5.20. The summed E-state index contributed by atoms with van der Waals surface area (Å²) < 4.78 is 0. The van der Waals surface area contributed by atoms with E-state index in [2.05, 4.69) is 56.0 Å². The zero-order chi connectivity index (χ0) is 14.1. The van der Waals surface area contributed by atoms with Crippen LogP contribution in [0.2, 0.25) is 0 Å². The zero-order valence-corrected chi connectivity index (χ0v) is 12.5. The van der Waals surface area contributed by atoms with Crippen molar-refractivity contribution >= 4 is 0 Å². The van der Waals surface area contributed by atoms with E-state index in [0.29, 0.717) is 12.5 Å². The molecule has 1 aromatic rings. The Morgan fingerprint density at radius 3 is 2.37 bits per heavy atom. The molecule has 0 radical (unpaired) electrons. The van der Waals surface area contributed by atoms with Crippen LogP contribution >= 0.6 is 0 Å². The summed E-state index contributed by atoms with van der Waals surface area (Å²) in [5.41, 5.74) is 1.26. The van der Waals surface area contributed by atoms with Gasteiger partial charge < -0.3 is 0 Å². The molecule has 0 amide bonds. The summed E-state index contributed by atoms with van der Waals surface area (Å²) in [6.45, 7) is 7.74. The van der Waals surface area contributed by atoms with Crippen LogP contribution in [0, 0.1) is 11.3 Å². The van der Waals surface area contributed by atoms with Gasteiger partial charge in [0.05, 0.1) is 12.5 Å². The van der Waals surface area contributed by atoms with E-state index >= 15 is 0 Å². The molecule has 1 aromatic carbocycles. The topological polar surface area (TPSA) is 27.0 Å². The summed E-state index contributed by atoms with van der Waals surface area (Å²) in [4.78, 5) is 2.47. The highest BCUT2D eigenvalue weighted by atomic mass is 15.2. The molecule has 0 spiro atoms. The fraction of sp³-hybridized carbons (Fsp3) is 0.588. The van der Waals surface area contributed by atoms with Crippen LogP contribution in [0.4, 0.5) is 0 Å². The first-order chi connectivity index (χ1) is 9.20. The van der Waals surface area contributed by atoms with Gasteiger partial charge in [-0.1, -0.05) is 50.1 Å². The van der Waals surface area contributed by atoms with Crippen molar-refractivity contribution in [2.45, 2.75) is 58.5 Å². The quantitative estimate of drug-likeness (QED) is 0.640. The summed E-state index contributed by atoms with van der Waals surface area (Å²) >= 11 is 0. The lowest BCUT2D eigenvalue weighted by Crippen LogP contribution is -2.35. The third-order valence-electron chi connectivity index (χ3n) is 3.55. The Labute approximate surface area is 118 Å². The number of hydrogen-bond donors (Lipinski definition) is 0. The van der Waals surface area contributed by atoms with E-state index in [0.717, 1.165) is 6.54 Å². The first-order valence-corrected chi connectivity index (χ1v) is 7.38. The average molecular weight is 258 g/mol. The van der Waals surface area contributed by atoms with E-state index in [-0.39, 0.29) is 6.04 Å². The molecule has 0 N–H and O–H groups in total. The predicted molar refractivity (Wildman–Crippen MR) is 80.8 cm³/mol. The van der Waals surface area contributed by atoms with Crippen molar-refractivity contribution in [3.8, 4) is 6.07 Å². The van der Waals surface area contributed by atoms with Crippen molar-refractivity contribution in [1.29, 1.82) is 5.26 Å². The van der Waals surface area contributed by atoms with Crippen LogP contribution in [0.25, 0.3) is 0 Å². The Balaban J connectivity index is 2.84. The number of nitriles is 1. The lowest BCUT2D eigenvalue weighted by Gasteiger charge is -2.34. The van der Waals surface area contributed by atoms with Gasteiger partial charge in [0.1, 0.15) is 0 Å². The Hall–Kier alpha value is -1.33. The van der Waals surface area contributed by atoms with Crippen molar-refractivity contribution in [1.82, 2.24) is 4.90 Å². The SMILES string of the molecule is CCCCCN(C(C)C)C(CC#N)c1ccccc1. The van der Waals surface area contributed by atoms with E-state index in [1.54, 1.807) is 0 Å². The molecule has 2 nitrogen and oxygen atoms in total. The maximum Gasteiger partial charge on any atom is 0.0641 e. The van der Waals surface area contributed by atoms with Gasteiger partial charge in [0.15, 0.2) is 0 Å². The summed E-state index contributed by atoms with van der Waals surface area (Å²) in [6.07, 6.45) is 4.27. The third kappa shape index (κ3) is 5.04. The van der Waals surface area contributed by atoms with Gasteiger partial charge in [0.2, 0.25) is 0 Å². The second-order valence-corrected chi connectivity index (χ2v) is 5.33. The molecule has 0 aliphatic heterocycles. The fourth-order valence-electron chi connectivity index (χ4n) is 2.51. The number of benzene rings is 1. The summed E-state index contributed by atoms with van der Waals surface area (Å²) in [6, 6.07) is 13.5. The lowest BCUT2D eigenvalue weighted by atomic mass is 10.0. The minimum Gasteiger partial charge on any atom is -0.293 e. The van der Waals surface area contributed by atoms with Crippen LogP contribution in [0.3, 0.4) is 0 Å². The first kappa shape index (κ1) is 15.7. The van der Waals surface area contributed by atoms with E-state index in [1.165, 1.54) is 24.8 Å². The largest absolute Gasteiger partial charge is 0.293 e. The Morgan fingerprint density at radius 2 is 1.84 bits per heavy atom. The molecule has 0 aliphatic rings. The highest BCUT2D eigenvalue weighted by Gasteiger charge is 2.22. The van der Waals surface area contributed by atoms with Crippen molar-refractivity contribution in [3.63, 3.8) is 0 Å². The molecule has 0 bridgehead atoms. The van der Waals surface area contributed by atoms with E-state index < -0.39 is 0 Å². The van der Waals surface area contributed by atoms with Crippen molar-refractivity contribution < 1.29 is 0 Å². The zero-order valence-electron chi connectivity index (χ0n) is 12.5. The number of hydrogen-bond acceptors (Lipinski definition) is 2. The minimum absolute atomic E-state index is 0.225. The average Bonchev–Trinajstić information content (AvgIpc) is 2.42. The second-order valence-electron chi connectivity index (χ2n) is 5.33. The summed E-state index contributed by atoms with van der Waals surface area (Å²) in [7, 11) is 0. The molecule has 1 unspecified atom stereocenters. The van der Waals surface area contributed by atoms with Gasteiger partial charge in [0, 0.05) is 12.1 Å². The number of rotatable bonds is 8. The molecule has 1 rings (SSSR count). The van der Waals surface area contributed by atoms with Crippen LogP contribution in [0.1, 0.15) is 58.1 Å². The van der Waals surface area contributed by atoms with Crippen LogP contribution in [-0.2, 0) is 0 Å². The molecular formula is C17H26N2. The van der Waals surface area contributed by atoms with Gasteiger partial charge in [-0.15, -0.1) is 0 Å². The normalized spacial score (nSPS) is 12.6. The Morgan fingerprint density at radius 1 is 1.16 bits per heavy atom. The molecule has 2 heteroatoms. The molecule has 0 heterocycles. The number of unbranched alkanes of at least 4 members (excludes halogenated alkanes) is 2. The smallest absolute Gasteiger partial charge is 0.0641 e. The van der Waals surface area contributed by atoms with Crippen LogP contribution in [-0.4, -0.2) is 17.5 Å². The van der Waals surface area contributed by atoms with Gasteiger partial charge in [0.25, 0.3) is 0 Å². The molecule has 0 aliphatic carbocycles. The maximum atomic E-state index is 9.12. The minimum atomic E-state index is 0.225. The molecular weight excluding hydrogens is 232 g/mol. The van der Waals surface area contributed by atoms with Crippen LogP contribution in [0.5, 0.6) is 0 Å². The monoisotopic (exact) mass is 258 g/mol. The van der Waals surface area contributed by atoms with Gasteiger partial charge >= 0.3 is 0 Å². The predicted octanol–water partition coefficient (Wildman–Crippen LogP) is 4.54. The van der Waals surface area contributed by atoms with E-state index in [4.69, 9.17) is 5.26 Å². The Kier molecular flexibility index (Phi) is 7.22. The van der Waals surface area contributed by atoms with Crippen LogP contribution < -0.4 is 0 Å². The fourth-order valence-corrected chi connectivity index (χ4v) is 2.51. The third-order valence-corrected chi connectivity index (χ3v) is 3.55. The second kappa shape index (κ2) is 8.72. The first-order valence-electron chi connectivity index (χ1n) is 7.38. The summed E-state index contributed by atoms with van der Waals surface area (Å²) in [5.74, 6) is 0. The Bertz CT molecular complexity index is 378.